The summed E-state index contributed by atoms with van der Waals surface area (Å²) >= 11 is 4.93. The van der Waals surface area contributed by atoms with Gasteiger partial charge in [0, 0.05) is 12.1 Å². The zero-order valence-corrected chi connectivity index (χ0v) is 12.0. The average molecular weight is 278 g/mol. The molecule has 1 saturated heterocycles. The van der Waals surface area contributed by atoms with Crippen LogP contribution in [-0.4, -0.2) is 41.6 Å². The van der Waals surface area contributed by atoms with Gasteiger partial charge in [-0.1, -0.05) is 29.9 Å². The molecule has 0 saturated carbocycles. The van der Waals surface area contributed by atoms with Crippen molar-refractivity contribution in [2.24, 2.45) is 5.73 Å². The van der Waals surface area contributed by atoms with Crippen LogP contribution in [0.1, 0.15) is 21.5 Å². The monoisotopic (exact) mass is 278 g/mol. The van der Waals surface area contributed by atoms with E-state index in [2.05, 4.69) is 0 Å². The highest BCUT2D eigenvalue weighted by atomic mass is 32.1. The van der Waals surface area contributed by atoms with Gasteiger partial charge in [0.15, 0.2) is 0 Å². The van der Waals surface area contributed by atoms with Crippen molar-refractivity contribution in [3.63, 3.8) is 0 Å². The second-order valence-corrected chi connectivity index (χ2v) is 5.30. The fraction of sp³-hybridized carbons (Fsp3) is 0.429. The molecule has 0 bridgehead atoms. The molecule has 1 atom stereocenters. The fourth-order valence-electron chi connectivity index (χ4n) is 2.14. The molecule has 0 spiro atoms. The molecule has 1 aliphatic heterocycles. The van der Waals surface area contributed by atoms with Gasteiger partial charge in [-0.25, -0.2) is 0 Å². The smallest absolute Gasteiger partial charge is 0.254 e. The molecule has 2 rings (SSSR count). The first-order valence-corrected chi connectivity index (χ1v) is 6.67. The van der Waals surface area contributed by atoms with Crippen LogP contribution in [-0.2, 0) is 4.74 Å². The van der Waals surface area contributed by atoms with Crippen LogP contribution < -0.4 is 5.73 Å². The summed E-state index contributed by atoms with van der Waals surface area (Å²) in [6.07, 6.45) is -0.335. The Morgan fingerprint density at radius 3 is 2.89 bits per heavy atom. The Labute approximate surface area is 118 Å². The minimum atomic E-state index is -0.335. The highest BCUT2D eigenvalue weighted by molar-refractivity contribution is 7.80. The van der Waals surface area contributed by atoms with Crippen molar-refractivity contribution in [1.82, 2.24) is 4.90 Å². The number of ether oxygens (including phenoxy) is 1. The second-order valence-electron chi connectivity index (χ2n) is 4.83. The summed E-state index contributed by atoms with van der Waals surface area (Å²) in [5.41, 5.74) is 8.39. The molecule has 0 aromatic heterocycles. The minimum absolute atomic E-state index is 0.0192. The zero-order valence-electron chi connectivity index (χ0n) is 11.2. The summed E-state index contributed by atoms with van der Waals surface area (Å²) < 4.78 is 5.45. The van der Waals surface area contributed by atoms with Crippen LogP contribution in [0.4, 0.5) is 0 Å². The summed E-state index contributed by atoms with van der Waals surface area (Å²) in [6.45, 7) is 5.40. The number of amides is 1. The van der Waals surface area contributed by atoms with Crippen molar-refractivity contribution in [3.05, 3.63) is 34.9 Å². The van der Waals surface area contributed by atoms with Crippen LogP contribution in [0.25, 0.3) is 0 Å². The van der Waals surface area contributed by atoms with E-state index in [1.807, 2.05) is 32.0 Å². The van der Waals surface area contributed by atoms with Crippen molar-refractivity contribution in [2.45, 2.75) is 20.0 Å². The van der Waals surface area contributed by atoms with E-state index in [0.29, 0.717) is 24.7 Å². The van der Waals surface area contributed by atoms with Crippen LogP contribution in [0.15, 0.2) is 18.2 Å². The summed E-state index contributed by atoms with van der Waals surface area (Å²) in [6, 6.07) is 5.89. The van der Waals surface area contributed by atoms with E-state index >= 15 is 0 Å². The van der Waals surface area contributed by atoms with E-state index in [1.165, 1.54) is 0 Å². The Bertz CT molecular complexity index is 516. The van der Waals surface area contributed by atoms with Crippen LogP contribution in [0.5, 0.6) is 0 Å². The molecule has 1 unspecified atom stereocenters. The predicted molar refractivity (Wildman–Crippen MR) is 78.3 cm³/mol. The number of carbonyl (C=O) groups is 1. The molecule has 1 fully saturated rings. The lowest BCUT2D eigenvalue weighted by molar-refractivity contribution is 0.00874. The van der Waals surface area contributed by atoms with Crippen molar-refractivity contribution in [2.75, 3.05) is 19.7 Å². The molecular formula is C14H18N2O2S. The van der Waals surface area contributed by atoms with Crippen molar-refractivity contribution in [1.29, 1.82) is 0 Å². The lowest BCUT2D eigenvalue weighted by Gasteiger charge is -2.32. The van der Waals surface area contributed by atoms with Gasteiger partial charge in [0.1, 0.15) is 11.1 Å². The molecule has 1 aromatic rings. The van der Waals surface area contributed by atoms with Gasteiger partial charge >= 0.3 is 0 Å². The number of thiocarbonyl (C=S) groups is 1. The van der Waals surface area contributed by atoms with Crippen LogP contribution >= 0.6 is 12.2 Å². The second kappa shape index (κ2) is 5.67. The summed E-state index contributed by atoms with van der Waals surface area (Å²) in [5.74, 6) is 0.0192. The number of hydrogen-bond donors (Lipinski definition) is 1. The number of nitrogens with two attached hydrogens (primary N) is 1. The normalized spacial score (nSPS) is 19.3. The van der Waals surface area contributed by atoms with E-state index in [9.17, 15) is 4.79 Å². The molecule has 5 heteroatoms. The Hall–Kier alpha value is -1.46. The van der Waals surface area contributed by atoms with E-state index in [4.69, 9.17) is 22.7 Å². The van der Waals surface area contributed by atoms with Crippen molar-refractivity contribution in [3.8, 4) is 0 Å². The number of benzene rings is 1. The third-order valence-corrected chi connectivity index (χ3v) is 3.56. The summed E-state index contributed by atoms with van der Waals surface area (Å²) in [5, 5.41) is 0. The van der Waals surface area contributed by atoms with Crippen molar-refractivity contribution >= 4 is 23.1 Å². The molecule has 4 nitrogen and oxygen atoms in total. The van der Waals surface area contributed by atoms with Crippen LogP contribution in [0.3, 0.4) is 0 Å². The van der Waals surface area contributed by atoms with Gasteiger partial charge in [0.2, 0.25) is 0 Å². The van der Waals surface area contributed by atoms with Gasteiger partial charge in [0.05, 0.1) is 13.2 Å². The first-order valence-electron chi connectivity index (χ1n) is 6.26. The van der Waals surface area contributed by atoms with Crippen molar-refractivity contribution < 1.29 is 9.53 Å². The predicted octanol–water partition coefficient (Wildman–Crippen LogP) is 1.43. The number of morpholine rings is 1. The average Bonchev–Trinajstić information content (AvgIpc) is 2.41. The summed E-state index contributed by atoms with van der Waals surface area (Å²) in [7, 11) is 0. The SMILES string of the molecule is Cc1ccc(C)c(C(=O)N2CCOC(C(N)=S)C2)c1. The topological polar surface area (TPSA) is 55.6 Å². The number of hydrogen-bond acceptors (Lipinski definition) is 3. The molecule has 2 N–H and O–H groups in total. The highest BCUT2D eigenvalue weighted by Gasteiger charge is 2.27. The standard InChI is InChI=1S/C14H18N2O2S/c1-9-3-4-10(2)11(7-9)14(17)16-5-6-18-12(8-16)13(15)19/h3-4,7,12H,5-6,8H2,1-2H3,(H2,15,19). The molecule has 1 aromatic carbocycles. The number of aryl methyl sites for hydroxylation is 2. The first-order chi connectivity index (χ1) is 8.99. The molecule has 102 valence electrons. The van der Waals surface area contributed by atoms with E-state index in [0.717, 1.165) is 16.7 Å². The van der Waals surface area contributed by atoms with E-state index in [-0.39, 0.29) is 12.0 Å². The minimum Gasteiger partial charge on any atom is -0.391 e. The van der Waals surface area contributed by atoms with Gasteiger partial charge in [-0.05, 0) is 25.5 Å². The highest BCUT2D eigenvalue weighted by Crippen LogP contribution is 2.16. The molecule has 1 aliphatic rings. The maximum atomic E-state index is 12.5. The van der Waals surface area contributed by atoms with Crippen LogP contribution in [0.2, 0.25) is 0 Å². The third kappa shape index (κ3) is 3.11. The Balaban J connectivity index is 2.19. The third-order valence-electron chi connectivity index (χ3n) is 3.29. The molecule has 0 radical (unpaired) electrons. The van der Waals surface area contributed by atoms with Gasteiger partial charge in [-0.2, -0.15) is 0 Å². The molecule has 1 amide bonds. The Kier molecular flexibility index (Phi) is 4.17. The quantitative estimate of drug-likeness (QED) is 0.832. The zero-order chi connectivity index (χ0) is 14.0. The van der Waals surface area contributed by atoms with Gasteiger partial charge < -0.3 is 15.4 Å². The Morgan fingerprint density at radius 1 is 1.47 bits per heavy atom. The lowest BCUT2D eigenvalue weighted by atomic mass is 10.0. The largest absolute Gasteiger partial charge is 0.391 e. The number of carbonyl (C=O) groups excluding carboxylic acids is 1. The number of rotatable bonds is 2. The maximum Gasteiger partial charge on any atom is 0.254 e. The molecular weight excluding hydrogens is 260 g/mol. The number of nitrogens with zero attached hydrogens (tertiary/aromatic N) is 1. The fourth-order valence-corrected chi connectivity index (χ4v) is 2.29. The first kappa shape index (κ1) is 14.0. The lowest BCUT2D eigenvalue weighted by Crippen LogP contribution is -2.50. The maximum absolute atomic E-state index is 12.5. The van der Waals surface area contributed by atoms with E-state index in [1.54, 1.807) is 4.90 Å². The van der Waals surface area contributed by atoms with Gasteiger partial charge in [-0.3, -0.25) is 4.79 Å². The molecule has 0 aliphatic carbocycles. The van der Waals surface area contributed by atoms with Gasteiger partial charge in [-0.15, -0.1) is 0 Å². The molecule has 1 heterocycles. The molecule has 19 heavy (non-hydrogen) atoms. The Morgan fingerprint density at radius 2 is 2.21 bits per heavy atom. The summed E-state index contributed by atoms with van der Waals surface area (Å²) in [4.78, 5) is 14.6. The van der Waals surface area contributed by atoms with Crippen LogP contribution in [0, 0.1) is 13.8 Å². The van der Waals surface area contributed by atoms with E-state index < -0.39 is 0 Å². The van der Waals surface area contributed by atoms with Gasteiger partial charge in [0.25, 0.3) is 5.91 Å².